The Labute approximate surface area is 253 Å². The number of benzene rings is 3. The first-order valence-electron chi connectivity index (χ1n) is 14.8. The first-order chi connectivity index (χ1) is 20.9. The summed E-state index contributed by atoms with van der Waals surface area (Å²) in [6.07, 6.45) is -2.91. The van der Waals surface area contributed by atoms with Crippen molar-refractivity contribution in [2.24, 2.45) is 0 Å². The average Bonchev–Trinajstić information content (AvgIpc) is 3.64. The lowest BCUT2D eigenvalue weighted by Gasteiger charge is -2.28. The molecule has 1 saturated carbocycles. The Kier molecular flexibility index (Phi) is 7.62. The molecule has 2 aliphatic rings. The fraction of sp³-hybridized carbons (Fsp3) is 0.382. The van der Waals surface area contributed by atoms with E-state index in [9.17, 15) is 18.7 Å². The van der Waals surface area contributed by atoms with Crippen molar-refractivity contribution in [3.8, 4) is 11.5 Å². The number of carbonyl (C=O) groups is 1. The lowest BCUT2D eigenvalue weighted by atomic mass is 9.90. The van der Waals surface area contributed by atoms with Crippen LogP contribution in [0.2, 0.25) is 0 Å². The molecule has 7 nitrogen and oxygen atoms in total. The molecule has 232 valence electrons. The van der Waals surface area contributed by atoms with Crippen molar-refractivity contribution in [1.29, 1.82) is 0 Å². The average molecular weight is 609 g/mol. The Morgan fingerprint density at radius 1 is 1.07 bits per heavy atom. The van der Waals surface area contributed by atoms with Crippen molar-refractivity contribution < 1.29 is 37.3 Å². The van der Waals surface area contributed by atoms with Crippen LogP contribution >= 0.6 is 0 Å². The highest BCUT2D eigenvalue weighted by molar-refractivity contribution is 6.03. The summed E-state index contributed by atoms with van der Waals surface area (Å²) in [6, 6.07) is 19.1. The van der Waals surface area contributed by atoms with Gasteiger partial charge in [-0.25, -0.2) is 4.39 Å². The molecule has 0 radical (unpaired) electrons. The van der Waals surface area contributed by atoms with Gasteiger partial charge in [0.15, 0.2) is 11.5 Å². The summed E-state index contributed by atoms with van der Waals surface area (Å²) in [7, 11) is 0. The Bertz CT molecular complexity index is 1700. The van der Waals surface area contributed by atoms with Crippen molar-refractivity contribution in [2.75, 3.05) is 11.9 Å². The third-order valence-electron chi connectivity index (χ3n) is 8.51. The molecule has 0 bridgehead atoms. The van der Waals surface area contributed by atoms with E-state index in [0.29, 0.717) is 48.9 Å². The topological polar surface area (TPSA) is 82.0 Å². The molecule has 3 aromatic carbocycles. The summed E-state index contributed by atoms with van der Waals surface area (Å²) in [4.78, 5) is 13.5. The lowest BCUT2D eigenvalue weighted by molar-refractivity contribution is -0.286. The predicted molar refractivity (Wildman–Crippen MR) is 160 cm³/mol. The van der Waals surface area contributed by atoms with E-state index >= 15 is 4.39 Å². The second kappa shape index (κ2) is 11.2. The summed E-state index contributed by atoms with van der Waals surface area (Å²) in [5, 5.41) is 14.0. The fourth-order valence-corrected chi connectivity index (χ4v) is 5.81. The first-order valence-corrected chi connectivity index (χ1v) is 14.8. The van der Waals surface area contributed by atoms with Crippen molar-refractivity contribution in [1.82, 2.24) is 4.57 Å². The van der Waals surface area contributed by atoms with E-state index in [4.69, 9.17) is 4.74 Å². The van der Waals surface area contributed by atoms with Gasteiger partial charge in [0.25, 0.3) is 0 Å². The number of rotatable bonds is 11. The number of anilines is 1. The maximum Gasteiger partial charge on any atom is 0.586 e. The van der Waals surface area contributed by atoms with Gasteiger partial charge in [0.05, 0.1) is 35.9 Å². The molecule has 10 heteroatoms. The highest BCUT2D eigenvalue weighted by Crippen LogP contribution is 2.52. The molecule has 2 heterocycles. The number of aromatic nitrogens is 1. The molecule has 0 spiro atoms. The summed E-state index contributed by atoms with van der Waals surface area (Å²) >= 11 is 0. The van der Waals surface area contributed by atoms with E-state index in [0.717, 1.165) is 11.3 Å². The number of fused-ring (bicyclic) bond motifs is 2. The SMILES string of the molecule is CCC(O)Cn1c(C(C)(C)COCc2ccccc2)cc2cc(NC(=O)C3(c4ccc5c(c4)OC(F)(F)O5)CC3)c(F)cc21. The van der Waals surface area contributed by atoms with Gasteiger partial charge in [0, 0.05) is 29.1 Å². The number of aliphatic hydroxyl groups is 1. The Balaban J connectivity index is 1.27. The monoisotopic (exact) mass is 608 g/mol. The van der Waals surface area contributed by atoms with Gasteiger partial charge in [-0.2, -0.15) is 0 Å². The van der Waals surface area contributed by atoms with Crippen LogP contribution in [0.3, 0.4) is 0 Å². The summed E-state index contributed by atoms with van der Waals surface area (Å²) in [6.45, 7) is 7.07. The van der Waals surface area contributed by atoms with Crippen LogP contribution in [0.15, 0.2) is 66.7 Å². The molecular weight excluding hydrogens is 573 g/mol. The molecule has 1 fully saturated rings. The van der Waals surface area contributed by atoms with E-state index in [1.807, 2.05) is 61.7 Å². The van der Waals surface area contributed by atoms with Gasteiger partial charge in [0.1, 0.15) is 5.82 Å². The zero-order chi connectivity index (χ0) is 31.3. The Morgan fingerprint density at radius 3 is 2.50 bits per heavy atom. The molecule has 2 N–H and O–H groups in total. The normalized spacial score (nSPS) is 17.1. The number of hydrogen-bond acceptors (Lipinski definition) is 5. The van der Waals surface area contributed by atoms with Crippen LogP contribution in [-0.4, -0.2) is 34.6 Å². The van der Waals surface area contributed by atoms with Gasteiger partial charge < -0.3 is 29.2 Å². The van der Waals surface area contributed by atoms with Gasteiger partial charge in [-0.15, -0.1) is 8.78 Å². The van der Waals surface area contributed by atoms with Gasteiger partial charge in [-0.3, -0.25) is 4.79 Å². The van der Waals surface area contributed by atoms with Crippen LogP contribution in [0, 0.1) is 5.82 Å². The molecule has 1 aliphatic carbocycles. The molecule has 1 unspecified atom stereocenters. The maximum absolute atomic E-state index is 15.6. The number of hydrogen-bond donors (Lipinski definition) is 2. The van der Waals surface area contributed by atoms with Crippen LogP contribution in [0.5, 0.6) is 11.5 Å². The highest BCUT2D eigenvalue weighted by Gasteiger charge is 2.53. The smallest absolute Gasteiger partial charge is 0.395 e. The van der Waals surface area contributed by atoms with Crippen LogP contribution in [0.4, 0.5) is 18.9 Å². The number of nitrogens with one attached hydrogen (secondary N) is 1. The zero-order valence-electron chi connectivity index (χ0n) is 24.8. The van der Waals surface area contributed by atoms with E-state index in [-0.39, 0.29) is 23.7 Å². The molecule has 1 amide bonds. The number of aliphatic hydroxyl groups excluding tert-OH is 1. The molecular formula is C34H35F3N2O5. The van der Waals surface area contributed by atoms with Crippen molar-refractivity contribution in [2.45, 2.75) is 76.4 Å². The standard InChI is InChI=1S/C34H35F3N2O5/c1-4-24(40)18-39-27-17-25(35)26(14-22(27)15-30(39)32(2,3)20-42-19-21-8-6-5-7-9-21)38-31(41)33(12-13-33)23-10-11-28-29(16-23)44-34(36,37)43-28/h5-11,14-17,24,40H,4,12-13,18-20H2,1-3H3,(H,38,41). The third kappa shape index (κ3) is 5.76. The van der Waals surface area contributed by atoms with Crippen LogP contribution in [0.1, 0.15) is 56.9 Å². The molecule has 0 saturated heterocycles. The van der Waals surface area contributed by atoms with Crippen LogP contribution < -0.4 is 14.8 Å². The van der Waals surface area contributed by atoms with Crippen LogP contribution in [0.25, 0.3) is 10.9 Å². The largest absolute Gasteiger partial charge is 0.586 e. The van der Waals surface area contributed by atoms with Gasteiger partial charge in [0.2, 0.25) is 5.91 Å². The predicted octanol–water partition coefficient (Wildman–Crippen LogP) is 7.04. The minimum absolute atomic E-state index is 0.0129. The maximum atomic E-state index is 15.6. The number of ether oxygens (including phenoxy) is 3. The molecule has 1 atom stereocenters. The molecule has 6 rings (SSSR count). The highest BCUT2D eigenvalue weighted by atomic mass is 19.3. The molecule has 4 aromatic rings. The van der Waals surface area contributed by atoms with Crippen molar-refractivity contribution >= 4 is 22.5 Å². The molecule has 1 aromatic heterocycles. The number of alkyl halides is 2. The van der Waals surface area contributed by atoms with E-state index in [1.165, 1.54) is 18.2 Å². The zero-order valence-corrected chi connectivity index (χ0v) is 24.8. The number of carbonyl (C=O) groups excluding carboxylic acids is 1. The van der Waals surface area contributed by atoms with E-state index < -0.39 is 35.0 Å². The lowest BCUT2D eigenvalue weighted by Crippen LogP contribution is -2.29. The number of amides is 1. The minimum Gasteiger partial charge on any atom is -0.395 e. The van der Waals surface area contributed by atoms with E-state index in [1.54, 1.807) is 12.1 Å². The van der Waals surface area contributed by atoms with Crippen molar-refractivity contribution in [3.63, 3.8) is 0 Å². The summed E-state index contributed by atoms with van der Waals surface area (Å²) in [5.74, 6) is -1.30. The second-order valence-corrected chi connectivity index (χ2v) is 12.3. The van der Waals surface area contributed by atoms with Crippen LogP contribution in [-0.2, 0) is 33.5 Å². The molecule has 44 heavy (non-hydrogen) atoms. The molecule has 1 aliphatic heterocycles. The Hall–Kier alpha value is -4.02. The summed E-state index contributed by atoms with van der Waals surface area (Å²) < 4.78 is 59.7. The third-order valence-corrected chi connectivity index (χ3v) is 8.51. The minimum atomic E-state index is -3.76. The van der Waals surface area contributed by atoms with Gasteiger partial charge in [-0.05, 0) is 54.7 Å². The second-order valence-electron chi connectivity index (χ2n) is 12.3. The van der Waals surface area contributed by atoms with Crippen molar-refractivity contribution in [3.05, 3.63) is 89.4 Å². The Morgan fingerprint density at radius 2 is 1.80 bits per heavy atom. The summed E-state index contributed by atoms with van der Waals surface area (Å²) in [5.41, 5.74) is 1.55. The van der Waals surface area contributed by atoms with Gasteiger partial charge in [-0.1, -0.05) is 57.2 Å². The fourth-order valence-electron chi connectivity index (χ4n) is 5.81. The van der Waals surface area contributed by atoms with E-state index in [2.05, 4.69) is 14.8 Å². The quantitative estimate of drug-likeness (QED) is 0.191. The first kappa shape index (κ1) is 30.0. The number of halogens is 3. The number of nitrogens with zero attached hydrogens (tertiary/aromatic N) is 1. The van der Waals surface area contributed by atoms with Gasteiger partial charge >= 0.3 is 6.29 Å².